The second-order valence-electron chi connectivity index (χ2n) is 3.53. The molecule has 80 valence electrons. The summed E-state index contributed by atoms with van der Waals surface area (Å²) in [6.45, 7) is 4.08. The van der Waals surface area contributed by atoms with E-state index in [2.05, 4.69) is 13.0 Å². The third-order valence-electron chi connectivity index (χ3n) is 2.30. The van der Waals surface area contributed by atoms with Crippen LogP contribution >= 0.6 is 0 Å². The van der Waals surface area contributed by atoms with E-state index in [4.69, 9.17) is 15.7 Å². The molecule has 1 unspecified atom stereocenters. The Hall–Kier alpha value is -1.69. The summed E-state index contributed by atoms with van der Waals surface area (Å²) in [5.74, 6) is 0.781. The van der Waals surface area contributed by atoms with Crippen LogP contribution < -0.4 is 10.5 Å². The Morgan fingerprint density at radius 2 is 2.27 bits per heavy atom. The highest BCUT2D eigenvalue weighted by Crippen LogP contribution is 2.21. The average Bonchev–Trinajstić information content (AvgIpc) is 2.23. The van der Waals surface area contributed by atoms with Gasteiger partial charge in [-0.2, -0.15) is 5.26 Å². The summed E-state index contributed by atoms with van der Waals surface area (Å²) in [5.41, 5.74) is 7.21. The fourth-order valence-corrected chi connectivity index (χ4v) is 1.21. The van der Waals surface area contributed by atoms with Crippen LogP contribution in [0.3, 0.4) is 0 Å². The average molecular weight is 204 g/mol. The molecule has 0 aliphatic heterocycles. The number of nitrogens with zero attached hydrogens (tertiary/aromatic N) is 1. The van der Waals surface area contributed by atoms with E-state index < -0.39 is 0 Å². The maximum Gasteiger partial charge on any atom is 0.120 e. The molecule has 0 fully saturated rings. The van der Waals surface area contributed by atoms with Gasteiger partial charge in [0.2, 0.25) is 0 Å². The molecule has 0 heterocycles. The number of nitriles is 1. The lowest BCUT2D eigenvalue weighted by Gasteiger charge is -2.13. The predicted octanol–water partition coefficient (Wildman–Crippen LogP) is 2.51. The van der Waals surface area contributed by atoms with Crippen molar-refractivity contribution < 1.29 is 4.74 Å². The van der Waals surface area contributed by atoms with E-state index in [9.17, 15) is 0 Å². The number of nitrogen functional groups attached to an aromatic ring is 1. The van der Waals surface area contributed by atoms with Crippen molar-refractivity contribution in [1.29, 1.82) is 5.26 Å². The quantitative estimate of drug-likeness (QED) is 0.766. The number of anilines is 1. The molecule has 1 rings (SSSR count). The SMILES string of the molecule is CCC(C)Oc1ccc(N)c(CC#N)c1. The Morgan fingerprint density at radius 1 is 1.53 bits per heavy atom. The van der Waals surface area contributed by atoms with E-state index in [1.807, 2.05) is 19.1 Å². The number of ether oxygens (including phenoxy) is 1. The van der Waals surface area contributed by atoms with Gasteiger partial charge in [-0.25, -0.2) is 0 Å². The third-order valence-corrected chi connectivity index (χ3v) is 2.30. The zero-order valence-electron chi connectivity index (χ0n) is 9.16. The van der Waals surface area contributed by atoms with Crippen molar-refractivity contribution in [2.24, 2.45) is 0 Å². The van der Waals surface area contributed by atoms with Gasteiger partial charge in [0.25, 0.3) is 0 Å². The van der Waals surface area contributed by atoms with E-state index in [0.717, 1.165) is 17.7 Å². The third kappa shape index (κ3) is 3.17. The molecular weight excluding hydrogens is 188 g/mol. The van der Waals surface area contributed by atoms with Crippen molar-refractivity contribution >= 4 is 5.69 Å². The Bertz CT molecular complexity index is 368. The number of benzene rings is 1. The zero-order valence-corrected chi connectivity index (χ0v) is 9.16. The second kappa shape index (κ2) is 5.26. The molecule has 2 N–H and O–H groups in total. The highest BCUT2D eigenvalue weighted by atomic mass is 16.5. The summed E-state index contributed by atoms with van der Waals surface area (Å²) in [4.78, 5) is 0. The standard InChI is InChI=1S/C12H16N2O/c1-3-9(2)15-11-4-5-12(14)10(8-11)6-7-13/h4-5,8-9H,3,6,14H2,1-2H3. The molecule has 0 saturated carbocycles. The summed E-state index contributed by atoms with van der Waals surface area (Å²) >= 11 is 0. The fourth-order valence-electron chi connectivity index (χ4n) is 1.21. The molecule has 0 aromatic heterocycles. The molecule has 0 aliphatic rings. The Labute approximate surface area is 90.5 Å². The summed E-state index contributed by atoms with van der Waals surface area (Å²) in [5, 5.41) is 8.62. The number of hydrogen-bond donors (Lipinski definition) is 1. The lowest BCUT2D eigenvalue weighted by molar-refractivity contribution is 0.217. The molecule has 0 amide bonds. The Kier molecular flexibility index (Phi) is 3.99. The van der Waals surface area contributed by atoms with Gasteiger partial charge in [0.15, 0.2) is 0 Å². The predicted molar refractivity (Wildman–Crippen MR) is 60.6 cm³/mol. The molecule has 3 heteroatoms. The number of rotatable bonds is 4. The molecular formula is C12H16N2O. The van der Waals surface area contributed by atoms with Crippen LogP contribution in [0.1, 0.15) is 25.8 Å². The van der Waals surface area contributed by atoms with Gasteiger partial charge in [-0.15, -0.1) is 0 Å². The van der Waals surface area contributed by atoms with Gasteiger partial charge in [0, 0.05) is 5.69 Å². The van der Waals surface area contributed by atoms with Crippen LogP contribution in [0.15, 0.2) is 18.2 Å². The highest BCUT2D eigenvalue weighted by molar-refractivity contribution is 5.51. The van der Waals surface area contributed by atoms with E-state index in [-0.39, 0.29) is 6.10 Å². The van der Waals surface area contributed by atoms with Crippen molar-refractivity contribution in [3.05, 3.63) is 23.8 Å². The molecule has 3 nitrogen and oxygen atoms in total. The van der Waals surface area contributed by atoms with Gasteiger partial charge in [0.05, 0.1) is 18.6 Å². The van der Waals surface area contributed by atoms with Gasteiger partial charge in [-0.1, -0.05) is 6.92 Å². The van der Waals surface area contributed by atoms with Crippen molar-refractivity contribution in [3.8, 4) is 11.8 Å². The number of hydrogen-bond acceptors (Lipinski definition) is 3. The normalized spacial score (nSPS) is 11.8. The maximum absolute atomic E-state index is 8.62. The smallest absolute Gasteiger partial charge is 0.120 e. The first-order valence-electron chi connectivity index (χ1n) is 5.09. The monoisotopic (exact) mass is 204 g/mol. The van der Waals surface area contributed by atoms with Crippen LogP contribution in [-0.4, -0.2) is 6.10 Å². The lowest BCUT2D eigenvalue weighted by Crippen LogP contribution is -2.10. The van der Waals surface area contributed by atoms with Crippen LogP contribution in [-0.2, 0) is 6.42 Å². The molecule has 1 aromatic carbocycles. The van der Waals surface area contributed by atoms with Crippen LogP contribution in [0.4, 0.5) is 5.69 Å². The maximum atomic E-state index is 8.62. The first-order valence-corrected chi connectivity index (χ1v) is 5.09. The Morgan fingerprint density at radius 3 is 2.87 bits per heavy atom. The highest BCUT2D eigenvalue weighted by Gasteiger charge is 2.04. The largest absolute Gasteiger partial charge is 0.491 e. The first-order chi connectivity index (χ1) is 7.17. The topological polar surface area (TPSA) is 59.0 Å². The molecule has 0 aliphatic carbocycles. The van der Waals surface area contributed by atoms with Crippen molar-refractivity contribution in [1.82, 2.24) is 0 Å². The molecule has 0 saturated heterocycles. The molecule has 0 radical (unpaired) electrons. The summed E-state index contributed by atoms with van der Waals surface area (Å²) < 4.78 is 5.64. The van der Waals surface area contributed by atoms with Crippen molar-refractivity contribution in [2.75, 3.05) is 5.73 Å². The second-order valence-corrected chi connectivity index (χ2v) is 3.53. The molecule has 1 atom stereocenters. The van der Waals surface area contributed by atoms with Crippen LogP contribution in [0.2, 0.25) is 0 Å². The molecule has 1 aromatic rings. The minimum absolute atomic E-state index is 0.184. The lowest BCUT2D eigenvalue weighted by atomic mass is 10.1. The minimum atomic E-state index is 0.184. The van der Waals surface area contributed by atoms with Gasteiger partial charge in [0.1, 0.15) is 5.75 Å². The van der Waals surface area contributed by atoms with E-state index >= 15 is 0 Å². The van der Waals surface area contributed by atoms with Crippen molar-refractivity contribution in [3.63, 3.8) is 0 Å². The van der Waals surface area contributed by atoms with Gasteiger partial charge < -0.3 is 10.5 Å². The van der Waals surface area contributed by atoms with Gasteiger partial charge >= 0.3 is 0 Å². The summed E-state index contributed by atoms with van der Waals surface area (Å²) in [6, 6.07) is 7.54. The zero-order chi connectivity index (χ0) is 11.3. The van der Waals surface area contributed by atoms with E-state index in [1.54, 1.807) is 6.07 Å². The first kappa shape index (κ1) is 11.4. The summed E-state index contributed by atoms with van der Waals surface area (Å²) in [7, 11) is 0. The summed E-state index contributed by atoms with van der Waals surface area (Å²) in [6.07, 6.45) is 1.46. The van der Waals surface area contributed by atoms with E-state index in [1.165, 1.54) is 0 Å². The fraction of sp³-hybridized carbons (Fsp3) is 0.417. The molecule has 0 bridgehead atoms. The van der Waals surface area contributed by atoms with Crippen LogP contribution in [0.5, 0.6) is 5.75 Å². The van der Waals surface area contributed by atoms with Crippen molar-refractivity contribution in [2.45, 2.75) is 32.8 Å². The minimum Gasteiger partial charge on any atom is -0.491 e. The molecule has 15 heavy (non-hydrogen) atoms. The van der Waals surface area contributed by atoms with Crippen LogP contribution in [0.25, 0.3) is 0 Å². The van der Waals surface area contributed by atoms with E-state index in [0.29, 0.717) is 12.1 Å². The van der Waals surface area contributed by atoms with Gasteiger partial charge in [-0.05, 0) is 37.1 Å². The number of nitrogens with two attached hydrogens (primary N) is 1. The molecule has 0 spiro atoms. The Balaban J connectivity index is 2.83. The van der Waals surface area contributed by atoms with Crippen LogP contribution in [0, 0.1) is 11.3 Å². The van der Waals surface area contributed by atoms with Gasteiger partial charge in [-0.3, -0.25) is 0 Å².